The number of sulfonamides is 1. The van der Waals surface area contributed by atoms with Crippen molar-refractivity contribution in [1.29, 1.82) is 0 Å². The van der Waals surface area contributed by atoms with Gasteiger partial charge in [-0.15, -0.1) is 0 Å². The number of carbonyl (C=O) groups excluding carboxylic acids is 1. The van der Waals surface area contributed by atoms with E-state index in [4.69, 9.17) is 23.2 Å². The van der Waals surface area contributed by atoms with E-state index in [2.05, 4.69) is 4.72 Å². The van der Waals surface area contributed by atoms with Gasteiger partial charge in [0.05, 0.1) is 15.6 Å². The summed E-state index contributed by atoms with van der Waals surface area (Å²) in [6, 6.07) is 2.61. The molecule has 0 unspecified atom stereocenters. The van der Waals surface area contributed by atoms with Crippen molar-refractivity contribution < 1.29 is 13.2 Å². The lowest BCUT2D eigenvalue weighted by Gasteiger charge is -2.10. The molecule has 0 heterocycles. The van der Waals surface area contributed by atoms with Crippen LogP contribution in [0, 0.1) is 0 Å². The molecule has 0 radical (unpaired) electrons. The number of hydrogen-bond acceptors (Lipinski definition) is 3. The Morgan fingerprint density at radius 1 is 1.35 bits per heavy atom. The summed E-state index contributed by atoms with van der Waals surface area (Å²) in [4.78, 5) is 11.5. The molecule has 0 saturated heterocycles. The van der Waals surface area contributed by atoms with Gasteiger partial charge in [-0.25, -0.2) is 13.1 Å². The molecular weight excluding hydrogens is 285 g/mol. The van der Waals surface area contributed by atoms with E-state index in [1.807, 2.05) is 0 Å². The van der Waals surface area contributed by atoms with Gasteiger partial charge in [0.2, 0.25) is 10.0 Å². The van der Waals surface area contributed by atoms with Crippen LogP contribution < -0.4 is 4.72 Å². The summed E-state index contributed by atoms with van der Waals surface area (Å²) in [7, 11) is -2.44. The molecule has 7 heteroatoms. The predicted molar refractivity (Wildman–Crippen MR) is 67.3 cm³/mol. The third kappa shape index (κ3) is 2.80. The number of benzene rings is 1. The molecule has 1 N–H and O–H groups in total. The Kier molecular flexibility index (Phi) is 4.55. The average molecular weight is 296 g/mol. The zero-order chi connectivity index (χ0) is 13.2. The highest BCUT2D eigenvalue weighted by molar-refractivity contribution is 7.89. The second-order valence-corrected chi connectivity index (χ2v) is 5.86. The molecule has 1 aromatic carbocycles. The molecule has 4 nitrogen and oxygen atoms in total. The van der Waals surface area contributed by atoms with E-state index in [9.17, 15) is 13.2 Å². The number of Topliss-reactive ketones (excluding diaryl/α,β-unsaturated/α-hetero) is 1. The van der Waals surface area contributed by atoms with Crippen molar-refractivity contribution in [3.05, 3.63) is 27.7 Å². The fourth-order valence-electron chi connectivity index (χ4n) is 1.28. The van der Waals surface area contributed by atoms with Crippen LogP contribution in [0.15, 0.2) is 17.0 Å². The molecule has 0 aliphatic carbocycles. The Morgan fingerprint density at radius 2 is 1.94 bits per heavy atom. The van der Waals surface area contributed by atoms with Crippen LogP contribution in [0.5, 0.6) is 0 Å². The van der Waals surface area contributed by atoms with Crippen molar-refractivity contribution in [1.82, 2.24) is 4.72 Å². The van der Waals surface area contributed by atoms with E-state index < -0.39 is 10.0 Å². The maximum Gasteiger partial charge on any atom is 0.241 e. The monoisotopic (exact) mass is 295 g/mol. The third-order valence-corrected chi connectivity index (χ3v) is 4.49. The van der Waals surface area contributed by atoms with E-state index in [0.29, 0.717) is 0 Å². The Hall–Kier alpha value is -0.620. The largest absolute Gasteiger partial charge is 0.294 e. The third-order valence-electron chi connectivity index (χ3n) is 2.21. The highest BCUT2D eigenvalue weighted by Gasteiger charge is 2.22. The number of carbonyl (C=O) groups is 1. The fraction of sp³-hybridized carbons (Fsp3) is 0.300. The van der Waals surface area contributed by atoms with Gasteiger partial charge < -0.3 is 0 Å². The number of ketones is 1. The molecule has 0 spiro atoms. The van der Waals surface area contributed by atoms with Gasteiger partial charge in [-0.05, 0) is 19.2 Å². The molecule has 0 aliphatic heterocycles. The SMILES string of the molecule is CCC(=O)c1c(Cl)ccc(S(=O)(=O)NC)c1Cl. The maximum atomic E-state index is 11.6. The maximum absolute atomic E-state index is 11.6. The van der Waals surface area contributed by atoms with E-state index in [1.165, 1.54) is 19.2 Å². The van der Waals surface area contributed by atoms with Crippen LogP contribution in [-0.2, 0) is 10.0 Å². The van der Waals surface area contributed by atoms with Crippen molar-refractivity contribution in [2.24, 2.45) is 0 Å². The van der Waals surface area contributed by atoms with Gasteiger partial charge in [0.1, 0.15) is 4.90 Å². The molecule has 1 rings (SSSR count). The number of hydrogen-bond donors (Lipinski definition) is 1. The Bertz CT molecular complexity index is 555. The molecule has 0 bridgehead atoms. The first-order chi connectivity index (χ1) is 7.85. The molecule has 0 fully saturated rings. The fourth-order valence-corrected chi connectivity index (χ4v) is 2.97. The summed E-state index contributed by atoms with van der Waals surface area (Å²) in [5.41, 5.74) is 0.0483. The summed E-state index contributed by atoms with van der Waals surface area (Å²) in [5, 5.41) is 0.00982. The highest BCUT2D eigenvalue weighted by atomic mass is 35.5. The van der Waals surface area contributed by atoms with Crippen LogP contribution in [0.4, 0.5) is 0 Å². The smallest absolute Gasteiger partial charge is 0.241 e. The Morgan fingerprint density at radius 3 is 2.41 bits per heavy atom. The van der Waals surface area contributed by atoms with E-state index >= 15 is 0 Å². The second-order valence-electron chi connectivity index (χ2n) is 3.22. The van der Waals surface area contributed by atoms with Crippen molar-refractivity contribution >= 4 is 39.0 Å². The molecular formula is C10H11Cl2NO3S. The standard InChI is InChI=1S/C10H11Cl2NO3S/c1-3-7(14)9-6(11)4-5-8(10(9)12)17(15,16)13-2/h4-5,13H,3H2,1-2H3. The number of halogens is 2. The van der Waals surface area contributed by atoms with Gasteiger partial charge in [-0.3, -0.25) is 4.79 Å². The topological polar surface area (TPSA) is 63.2 Å². The van der Waals surface area contributed by atoms with E-state index in [-0.39, 0.29) is 32.7 Å². The van der Waals surface area contributed by atoms with Crippen LogP contribution in [-0.4, -0.2) is 21.2 Å². The molecule has 94 valence electrons. The van der Waals surface area contributed by atoms with Crippen molar-refractivity contribution in [3.63, 3.8) is 0 Å². The first kappa shape index (κ1) is 14.4. The summed E-state index contributed by atoms with van der Waals surface area (Å²) in [6.45, 7) is 1.65. The van der Waals surface area contributed by atoms with Crippen molar-refractivity contribution in [3.8, 4) is 0 Å². The zero-order valence-electron chi connectivity index (χ0n) is 9.25. The molecule has 0 aliphatic rings. The van der Waals surface area contributed by atoms with Gasteiger partial charge in [0.15, 0.2) is 5.78 Å². The van der Waals surface area contributed by atoms with Crippen LogP contribution >= 0.6 is 23.2 Å². The summed E-state index contributed by atoms with van der Waals surface area (Å²) in [6.07, 6.45) is 0.197. The molecule has 1 aromatic rings. The molecule has 0 saturated carbocycles. The van der Waals surface area contributed by atoms with Gasteiger partial charge in [-0.2, -0.15) is 0 Å². The van der Waals surface area contributed by atoms with E-state index in [1.54, 1.807) is 6.92 Å². The lowest BCUT2D eigenvalue weighted by molar-refractivity contribution is 0.0988. The first-order valence-corrected chi connectivity index (χ1v) is 7.03. The number of rotatable bonds is 4. The normalized spacial score (nSPS) is 11.5. The Labute approximate surface area is 110 Å². The van der Waals surface area contributed by atoms with Gasteiger partial charge in [0, 0.05) is 6.42 Å². The minimum Gasteiger partial charge on any atom is -0.294 e. The molecule has 17 heavy (non-hydrogen) atoms. The zero-order valence-corrected chi connectivity index (χ0v) is 11.6. The van der Waals surface area contributed by atoms with E-state index in [0.717, 1.165) is 0 Å². The Balaban J connectivity index is 3.55. The predicted octanol–water partition coefficient (Wildman–Crippen LogP) is 2.49. The first-order valence-electron chi connectivity index (χ1n) is 4.80. The number of nitrogens with one attached hydrogen (secondary N) is 1. The van der Waals surface area contributed by atoms with Crippen LogP contribution in [0.3, 0.4) is 0 Å². The van der Waals surface area contributed by atoms with Gasteiger partial charge >= 0.3 is 0 Å². The summed E-state index contributed by atoms with van der Waals surface area (Å²) < 4.78 is 25.4. The van der Waals surface area contributed by atoms with Crippen molar-refractivity contribution in [2.45, 2.75) is 18.2 Å². The summed E-state index contributed by atoms with van der Waals surface area (Å²) in [5.74, 6) is -0.298. The lowest BCUT2D eigenvalue weighted by Crippen LogP contribution is -2.19. The summed E-state index contributed by atoms with van der Waals surface area (Å²) >= 11 is 11.8. The van der Waals surface area contributed by atoms with Crippen LogP contribution in [0.2, 0.25) is 10.0 Å². The lowest BCUT2D eigenvalue weighted by atomic mass is 10.1. The van der Waals surface area contributed by atoms with Crippen molar-refractivity contribution in [2.75, 3.05) is 7.05 Å². The quantitative estimate of drug-likeness (QED) is 0.868. The highest BCUT2D eigenvalue weighted by Crippen LogP contribution is 2.31. The average Bonchev–Trinajstić information content (AvgIpc) is 2.28. The van der Waals surface area contributed by atoms with Gasteiger partial charge in [-0.1, -0.05) is 30.1 Å². The van der Waals surface area contributed by atoms with Crippen LogP contribution in [0.1, 0.15) is 23.7 Å². The van der Waals surface area contributed by atoms with Crippen LogP contribution in [0.25, 0.3) is 0 Å². The minimum atomic E-state index is -3.70. The van der Waals surface area contributed by atoms with Gasteiger partial charge in [0.25, 0.3) is 0 Å². The minimum absolute atomic E-state index is 0.0483. The second kappa shape index (κ2) is 5.35. The molecule has 0 aromatic heterocycles. The molecule has 0 atom stereocenters. The molecule has 0 amide bonds.